The van der Waals surface area contributed by atoms with Gasteiger partial charge in [0.15, 0.2) is 23.1 Å². The van der Waals surface area contributed by atoms with E-state index in [4.69, 9.17) is 10.4 Å². The Morgan fingerprint density at radius 2 is 1.85 bits per heavy atom. The van der Waals surface area contributed by atoms with Gasteiger partial charge in [0.2, 0.25) is 0 Å². The lowest BCUT2D eigenvalue weighted by atomic mass is 9.80. The molecule has 212 valence electrons. The molecule has 40 heavy (non-hydrogen) atoms. The average Bonchev–Trinajstić information content (AvgIpc) is 3.26. The number of imidazole rings is 1. The molecule has 3 aromatic rings. The highest BCUT2D eigenvalue weighted by Crippen LogP contribution is 2.36. The molecule has 0 radical (unpaired) electrons. The van der Waals surface area contributed by atoms with Crippen molar-refractivity contribution in [2.45, 2.75) is 77.3 Å². The molecule has 1 amide bonds. The van der Waals surface area contributed by atoms with Crippen LogP contribution in [-0.4, -0.2) is 42.6 Å². The molecule has 10 heteroatoms. The fourth-order valence-corrected chi connectivity index (χ4v) is 5.98. The Morgan fingerprint density at radius 1 is 1.15 bits per heavy atom. The van der Waals surface area contributed by atoms with Crippen LogP contribution in [0.1, 0.15) is 81.9 Å². The number of benzene rings is 1. The van der Waals surface area contributed by atoms with E-state index in [-0.39, 0.29) is 23.6 Å². The maximum absolute atomic E-state index is 13.7. The number of rotatable bonds is 9. The summed E-state index contributed by atoms with van der Waals surface area (Å²) in [6, 6.07) is 6.62. The van der Waals surface area contributed by atoms with Gasteiger partial charge < -0.3 is 15.0 Å². The lowest BCUT2D eigenvalue weighted by Gasteiger charge is -2.32. The summed E-state index contributed by atoms with van der Waals surface area (Å²) in [6.07, 6.45) is 8.57. The second-order valence-electron chi connectivity index (χ2n) is 11.4. The van der Waals surface area contributed by atoms with Crippen molar-refractivity contribution in [2.24, 2.45) is 17.8 Å². The molecule has 2 fully saturated rings. The molecule has 9 nitrogen and oxygen atoms in total. The number of amides is 1. The molecule has 2 aliphatic rings. The van der Waals surface area contributed by atoms with Crippen LogP contribution in [0.3, 0.4) is 0 Å². The van der Waals surface area contributed by atoms with E-state index in [2.05, 4.69) is 44.7 Å². The third kappa shape index (κ3) is 5.85. The number of halogens is 1. The van der Waals surface area contributed by atoms with Crippen LogP contribution in [0.15, 0.2) is 36.9 Å². The number of aromatic nitrogens is 4. The maximum Gasteiger partial charge on any atom is 0.410 e. The third-order valence-corrected chi connectivity index (χ3v) is 8.73. The number of hydrogen-bond acceptors (Lipinski definition) is 6. The topological polar surface area (TPSA) is 129 Å². The van der Waals surface area contributed by atoms with Crippen molar-refractivity contribution >= 4 is 28.9 Å². The zero-order valence-corrected chi connectivity index (χ0v) is 23.2. The first-order valence-electron chi connectivity index (χ1n) is 14.2. The highest BCUT2D eigenvalue weighted by molar-refractivity contribution is 6.03. The number of fused-ring (bicyclic) bond motifs is 1. The molecule has 2 heterocycles. The summed E-state index contributed by atoms with van der Waals surface area (Å²) < 4.78 is 15.9. The first-order chi connectivity index (χ1) is 19.2. The number of carbonyl (C=O) groups is 1. The van der Waals surface area contributed by atoms with Crippen LogP contribution < -0.4 is 10.6 Å². The summed E-state index contributed by atoms with van der Waals surface area (Å²) in [5.41, 5.74) is 2.10. The molecule has 2 atom stereocenters. The minimum absolute atomic E-state index is 0.0321. The van der Waals surface area contributed by atoms with Gasteiger partial charge in [-0.2, -0.15) is 0 Å². The molecular formula is C30H38FN7O2. The molecule has 4 N–H and O–H groups in total. The smallest absolute Gasteiger partial charge is 0.410 e. The van der Waals surface area contributed by atoms with E-state index < -0.39 is 11.9 Å². The van der Waals surface area contributed by atoms with Crippen molar-refractivity contribution in [3.8, 4) is 0 Å². The number of carboxylic acid groups (broad SMARTS) is 1. The van der Waals surface area contributed by atoms with Crippen molar-refractivity contribution in [3.63, 3.8) is 0 Å². The van der Waals surface area contributed by atoms with Crippen LogP contribution in [0.4, 0.5) is 15.0 Å². The van der Waals surface area contributed by atoms with Crippen LogP contribution in [0.25, 0.3) is 11.2 Å². The van der Waals surface area contributed by atoms with Gasteiger partial charge in [0.25, 0.3) is 0 Å². The lowest BCUT2D eigenvalue weighted by Crippen LogP contribution is -2.33. The van der Waals surface area contributed by atoms with E-state index in [1.807, 2.05) is 6.92 Å². The molecule has 0 spiro atoms. The largest absolute Gasteiger partial charge is 0.465 e. The minimum atomic E-state index is -1.35. The van der Waals surface area contributed by atoms with Gasteiger partial charge in [0, 0.05) is 18.5 Å². The van der Waals surface area contributed by atoms with Crippen molar-refractivity contribution in [1.29, 1.82) is 5.41 Å². The Balaban J connectivity index is 1.62. The van der Waals surface area contributed by atoms with Gasteiger partial charge in [-0.3, -0.25) is 10.7 Å². The second-order valence-corrected chi connectivity index (χ2v) is 11.4. The predicted molar refractivity (Wildman–Crippen MR) is 153 cm³/mol. The summed E-state index contributed by atoms with van der Waals surface area (Å²) in [5, 5.41) is 23.1. The number of nitrogens with one attached hydrogen (secondary N) is 3. The highest BCUT2D eigenvalue weighted by atomic mass is 19.1. The average molecular weight is 548 g/mol. The molecule has 0 saturated heterocycles. The van der Waals surface area contributed by atoms with Gasteiger partial charge in [0.1, 0.15) is 17.2 Å². The number of amidine groups is 1. The monoisotopic (exact) mass is 547 g/mol. The van der Waals surface area contributed by atoms with E-state index in [9.17, 15) is 14.3 Å². The van der Waals surface area contributed by atoms with Crippen LogP contribution in [0.5, 0.6) is 0 Å². The number of allylic oxidation sites excluding steroid dienone is 1. The molecule has 2 aromatic heterocycles. The van der Waals surface area contributed by atoms with Crippen LogP contribution in [-0.2, 0) is 6.54 Å². The second kappa shape index (κ2) is 11.7. The normalized spacial score (nSPS) is 20.9. The molecule has 2 saturated carbocycles. The first-order valence-corrected chi connectivity index (χ1v) is 14.2. The van der Waals surface area contributed by atoms with Gasteiger partial charge in [-0.1, -0.05) is 31.6 Å². The van der Waals surface area contributed by atoms with Gasteiger partial charge in [-0.05, 0) is 80.9 Å². The van der Waals surface area contributed by atoms with Gasteiger partial charge in [-0.15, -0.1) is 6.58 Å². The summed E-state index contributed by atoms with van der Waals surface area (Å²) in [6.45, 7) is 8.90. The summed E-state index contributed by atoms with van der Waals surface area (Å²) >= 11 is 0. The molecule has 5 rings (SSSR count). The fourth-order valence-electron chi connectivity index (χ4n) is 5.98. The van der Waals surface area contributed by atoms with Crippen LogP contribution >= 0.6 is 0 Å². The van der Waals surface area contributed by atoms with Gasteiger partial charge >= 0.3 is 6.09 Å². The summed E-state index contributed by atoms with van der Waals surface area (Å²) in [4.78, 5) is 25.5. The summed E-state index contributed by atoms with van der Waals surface area (Å²) in [7, 11) is 0. The van der Waals surface area contributed by atoms with E-state index >= 15 is 0 Å². The molecule has 1 unspecified atom stereocenters. The number of nitrogens with zero attached hydrogens (tertiary/aromatic N) is 4. The zero-order chi connectivity index (χ0) is 28.4. The predicted octanol–water partition coefficient (Wildman–Crippen LogP) is 6.30. The lowest BCUT2D eigenvalue weighted by molar-refractivity contribution is 0.200. The Kier molecular flexibility index (Phi) is 8.14. The van der Waals surface area contributed by atoms with Gasteiger partial charge in [0.05, 0.1) is 0 Å². The Morgan fingerprint density at radius 3 is 2.45 bits per heavy atom. The SMILES string of the molecule is C=C[C@H]1CC[C@H](Cn2c(C(C)c3ccc(F)cc3)nc3nc(C(=N)NC(=O)O)nc(N[C@H](C)C4CCC4)c32)CC1. The molecular weight excluding hydrogens is 509 g/mol. The van der Waals surface area contributed by atoms with Crippen molar-refractivity contribution in [1.82, 2.24) is 24.8 Å². The highest BCUT2D eigenvalue weighted by Gasteiger charge is 2.30. The van der Waals surface area contributed by atoms with Crippen molar-refractivity contribution in [2.75, 3.05) is 5.32 Å². The Labute approximate surface area is 233 Å². The maximum atomic E-state index is 13.7. The molecule has 0 bridgehead atoms. The molecule has 1 aromatic carbocycles. The van der Waals surface area contributed by atoms with Crippen LogP contribution in [0, 0.1) is 29.0 Å². The van der Waals surface area contributed by atoms with E-state index in [1.54, 1.807) is 12.1 Å². The van der Waals surface area contributed by atoms with E-state index in [1.165, 1.54) is 18.6 Å². The number of anilines is 1. The van der Waals surface area contributed by atoms with Crippen molar-refractivity contribution < 1.29 is 14.3 Å². The fraction of sp³-hybridized carbons (Fsp3) is 0.500. The Hall–Kier alpha value is -3.82. The van der Waals surface area contributed by atoms with Crippen LogP contribution in [0.2, 0.25) is 0 Å². The molecule has 0 aliphatic heterocycles. The minimum Gasteiger partial charge on any atom is -0.465 e. The van der Waals surface area contributed by atoms with Crippen molar-refractivity contribution in [3.05, 3.63) is 59.9 Å². The first kappa shape index (κ1) is 27.7. The standard InChI is InChI=1S/C30H38FN7O2/c1-4-19-8-10-20(11-9-19)16-38-24-26(33-18(3)22-6-5-7-22)35-28(25(32)34-30(39)40)36-27(24)37-29(38)17(2)21-12-14-23(31)15-13-21/h4,12-15,17-20,22H,1,5-11,16H2,2-3H3,(H2,32,34)(H,39,40)(H,33,35,36)/t17?,18-,19-,20-/m1/s1. The van der Waals surface area contributed by atoms with Gasteiger partial charge in [-0.25, -0.2) is 24.1 Å². The van der Waals surface area contributed by atoms with E-state index in [0.717, 1.165) is 62.0 Å². The van der Waals surface area contributed by atoms with E-state index in [0.29, 0.717) is 29.2 Å². The Bertz CT molecular complexity index is 1390. The third-order valence-electron chi connectivity index (χ3n) is 8.73. The number of hydrogen-bond donors (Lipinski definition) is 4. The molecule has 2 aliphatic carbocycles. The zero-order valence-electron chi connectivity index (χ0n) is 23.2. The summed E-state index contributed by atoms with van der Waals surface area (Å²) in [5.74, 6) is 1.97. The quantitative estimate of drug-likeness (QED) is 0.141.